The molecule has 2 aliphatic heterocycles. The number of halogens is 3. The highest BCUT2D eigenvalue weighted by molar-refractivity contribution is 5.74. The van der Waals surface area contributed by atoms with Crippen LogP contribution >= 0.6 is 0 Å². The molecule has 0 saturated carbocycles. The Balaban J connectivity index is 1.33. The third-order valence-electron chi connectivity index (χ3n) is 5.42. The Labute approximate surface area is 164 Å². The van der Waals surface area contributed by atoms with Gasteiger partial charge in [-0.25, -0.2) is 4.79 Å². The largest absolute Gasteiger partial charge is 0.401 e. The molecule has 1 aromatic carbocycles. The lowest BCUT2D eigenvalue weighted by Gasteiger charge is -2.28. The standard InChI is InChI=1S/C20H29F3N4O/c21-20(22,23)16-26-10-4-11-27(14-13-26)19(28)24-8-3-9-25-12-7-17-5-1-2-6-18(17)15-25/h1-2,5-6H,3-4,7-16H2,(H,24,28). The van der Waals surface area contributed by atoms with Crippen LogP contribution in [-0.2, 0) is 13.0 Å². The van der Waals surface area contributed by atoms with Crippen molar-refractivity contribution in [3.63, 3.8) is 0 Å². The molecule has 0 bridgehead atoms. The van der Waals surface area contributed by atoms with E-state index in [-0.39, 0.29) is 12.6 Å². The Morgan fingerprint density at radius 2 is 1.79 bits per heavy atom. The molecule has 0 radical (unpaired) electrons. The minimum atomic E-state index is -4.19. The van der Waals surface area contributed by atoms with Crippen LogP contribution in [0.1, 0.15) is 24.0 Å². The lowest BCUT2D eigenvalue weighted by atomic mass is 10.00. The molecular formula is C20H29F3N4O. The fourth-order valence-electron chi connectivity index (χ4n) is 3.94. The van der Waals surface area contributed by atoms with Gasteiger partial charge in [-0.3, -0.25) is 9.80 Å². The van der Waals surface area contributed by atoms with Crippen LogP contribution < -0.4 is 5.32 Å². The lowest BCUT2D eigenvalue weighted by Crippen LogP contribution is -2.43. The van der Waals surface area contributed by atoms with Crippen molar-refractivity contribution in [2.24, 2.45) is 0 Å². The third kappa shape index (κ3) is 6.38. The Kier molecular flexibility index (Phi) is 7.18. The van der Waals surface area contributed by atoms with Crippen LogP contribution in [0.15, 0.2) is 24.3 Å². The summed E-state index contributed by atoms with van der Waals surface area (Å²) in [7, 11) is 0. The summed E-state index contributed by atoms with van der Waals surface area (Å²) in [5.41, 5.74) is 2.80. The zero-order chi connectivity index (χ0) is 20.0. The first-order chi connectivity index (χ1) is 13.4. The van der Waals surface area contributed by atoms with Crippen molar-refractivity contribution in [1.82, 2.24) is 20.0 Å². The molecule has 1 fully saturated rings. The number of fused-ring (bicyclic) bond motifs is 1. The number of nitrogens with zero attached hydrogens (tertiary/aromatic N) is 3. The van der Waals surface area contributed by atoms with Crippen molar-refractivity contribution in [3.8, 4) is 0 Å². The molecule has 2 heterocycles. The van der Waals surface area contributed by atoms with Crippen LogP contribution in [0.3, 0.4) is 0 Å². The van der Waals surface area contributed by atoms with Gasteiger partial charge in [-0.1, -0.05) is 24.3 Å². The topological polar surface area (TPSA) is 38.8 Å². The summed E-state index contributed by atoms with van der Waals surface area (Å²) >= 11 is 0. The average Bonchev–Trinajstić information content (AvgIpc) is 2.89. The molecule has 2 aliphatic rings. The molecular weight excluding hydrogens is 369 g/mol. The number of alkyl halides is 3. The van der Waals surface area contributed by atoms with Gasteiger partial charge in [0.1, 0.15) is 0 Å². The molecule has 156 valence electrons. The van der Waals surface area contributed by atoms with Crippen molar-refractivity contribution < 1.29 is 18.0 Å². The monoisotopic (exact) mass is 398 g/mol. The summed E-state index contributed by atoms with van der Waals surface area (Å²) in [5.74, 6) is 0. The summed E-state index contributed by atoms with van der Waals surface area (Å²) in [4.78, 5) is 17.7. The zero-order valence-corrected chi connectivity index (χ0v) is 16.2. The van der Waals surface area contributed by atoms with E-state index >= 15 is 0 Å². The fourth-order valence-corrected chi connectivity index (χ4v) is 3.94. The quantitative estimate of drug-likeness (QED) is 0.776. The number of urea groups is 1. The summed E-state index contributed by atoms with van der Waals surface area (Å²) in [6, 6.07) is 8.33. The first-order valence-corrected chi connectivity index (χ1v) is 10.0. The second-order valence-corrected chi connectivity index (χ2v) is 7.61. The molecule has 1 aromatic rings. The lowest BCUT2D eigenvalue weighted by molar-refractivity contribution is -0.145. The normalized spacial score (nSPS) is 19.2. The Bertz CT molecular complexity index is 653. The highest BCUT2D eigenvalue weighted by Crippen LogP contribution is 2.19. The van der Waals surface area contributed by atoms with E-state index < -0.39 is 12.7 Å². The van der Waals surface area contributed by atoms with Gasteiger partial charge in [0.15, 0.2) is 0 Å². The van der Waals surface area contributed by atoms with Gasteiger partial charge in [0.25, 0.3) is 0 Å². The second kappa shape index (κ2) is 9.60. The van der Waals surface area contributed by atoms with Gasteiger partial charge in [-0.15, -0.1) is 0 Å². The Hall–Kier alpha value is -1.80. The van der Waals surface area contributed by atoms with Crippen LogP contribution in [-0.4, -0.2) is 79.3 Å². The average molecular weight is 398 g/mol. The molecule has 8 heteroatoms. The van der Waals surface area contributed by atoms with E-state index in [4.69, 9.17) is 0 Å². The number of hydrogen-bond donors (Lipinski definition) is 1. The van der Waals surface area contributed by atoms with E-state index in [1.807, 2.05) is 0 Å². The van der Waals surface area contributed by atoms with Gasteiger partial charge in [-0.05, 0) is 30.4 Å². The minimum absolute atomic E-state index is 0.169. The van der Waals surface area contributed by atoms with Crippen LogP contribution in [0.25, 0.3) is 0 Å². The predicted molar refractivity (Wildman–Crippen MR) is 102 cm³/mol. The maximum atomic E-state index is 12.5. The number of hydrogen-bond acceptors (Lipinski definition) is 3. The molecule has 28 heavy (non-hydrogen) atoms. The van der Waals surface area contributed by atoms with E-state index in [1.54, 1.807) is 4.90 Å². The van der Waals surface area contributed by atoms with Gasteiger partial charge in [0, 0.05) is 52.4 Å². The third-order valence-corrected chi connectivity index (χ3v) is 5.42. The minimum Gasteiger partial charge on any atom is -0.338 e. The molecule has 0 atom stereocenters. The number of amides is 2. The van der Waals surface area contributed by atoms with Crippen LogP contribution in [0.5, 0.6) is 0 Å². The summed E-state index contributed by atoms with van der Waals surface area (Å²) in [5, 5.41) is 2.92. The molecule has 0 unspecified atom stereocenters. The fraction of sp³-hybridized carbons (Fsp3) is 0.650. The Morgan fingerprint density at radius 1 is 1.00 bits per heavy atom. The summed E-state index contributed by atoms with van der Waals surface area (Å²) in [6.07, 6.45) is -1.70. The highest BCUT2D eigenvalue weighted by atomic mass is 19.4. The summed E-state index contributed by atoms with van der Waals surface area (Å²) < 4.78 is 37.6. The molecule has 1 saturated heterocycles. The van der Waals surface area contributed by atoms with Gasteiger partial charge in [-0.2, -0.15) is 13.2 Å². The second-order valence-electron chi connectivity index (χ2n) is 7.61. The number of rotatable bonds is 5. The maximum Gasteiger partial charge on any atom is 0.401 e. The van der Waals surface area contributed by atoms with Gasteiger partial charge < -0.3 is 10.2 Å². The molecule has 3 rings (SSSR count). The Morgan fingerprint density at radius 3 is 2.57 bits per heavy atom. The number of nitrogens with one attached hydrogen (secondary N) is 1. The summed E-state index contributed by atoms with van der Waals surface area (Å²) in [6.45, 7) is 4.07. The SMILES string of the molecule is O=C(NCCCN1CCc2ccccc2C1)N1CCCN(CC(F)(F)F)CC1. The van der Waals surface area contributed by atoms with Gasteiger partial charge >= 0.3 is 12.2 Å². The van der Waals surface area contributed by atoms with E-state index in [2.05, 4.69) is 34.5 Å². The molecule has 0 spiro atoms. The number of carbonyl (C=O) groups excluding carboxylic acids is 1. The van der Waals surface area contributed by atoms with Crippen molar-refractivity contribution >= 4 is 6.03 Å². The van der Waals surface area contributed by atoms with Crippen molar-refractivity contribution in [3.05, 3.63) is 35.4 Å². The van der Waals surface area contributed by atoms with Crippen molar-refractivity contribution in [2.75, 3.05) is 52.4 Å². The molecule has 2 amide bonds. The number of carbonyl (C=O) groups is 1. The molecule has 1 N–H and O–H groups in total. The zero-order valence-electron chi connectivity index (χ0n) is 16.2. The smallest absolute Gasteiger partial charge is 0.338 e. The first kappa shape index (κ1) is 20.9. The van der Waals surface area contributed by atoms with E-state index in [1.165, 1.54) is 16.0 Å². The predicted octanol–water partition coefficient (Wildman–Crippen LogP) is 2.71. The molecule has 5 nitrogen and oxygen atoms in total. The molecule has 0 aliphatic carbocycles. The van der Waals surface area contributed by atoms with Crippen LogP contribution in [0.2, 0.25) is 0 Å². The van der Waals surface area contributed by atoms with Crippen LogP contribution in [0, 0.1) is 0 Å². The highest BCUT2D eigenvalue weighted by Gasteiger charge is 2.31. The van der Waals surface area contributed by atoms with E-state index in [0.717, 1.165) is 32.5 Å². The van der Waals surface area contributed by atoms with Gasteiger partial charge in [0.2, 0.25) is 0 Å². The number of benzene rings is 1. The van der Waals surface area contributed by atoms with Crippen molar-refractivity contribution in [2.45, 2.75) is 32.0 Å². The van der Waals surface area contributed by atoms with Crippen LogP contribution in [0.4, 0.5) is 18.0 Å². The van der Waals surface area contributed by atoms with E-state index in [9.17, 15) is 18.0 Å². The van der Waals surface area contributed by atoms with Crippen molar-refractivity contribution in [1.29, 1.82) is 0 Å². The van der Waals surface area contributed by atoms with E-state index in [0.29, 0.717) is 32.6 Å². The molecule has 0 aromatic heterocycles. The first-order valence-electron chi connectivity index (χ1n) is 10.0. The van der Waals surface area contributed by atoms with Gasteiger partial charge in [0.05, 0.1) is 6.54 Å². The maximum absolute atomic E-state index is 12.5.